The van der Waals surface area contributed by atoms with Gasteiger partial charge in [0, 0.05) is 12.1 Å². The van der Waals surface area contributed by atoms with Gasteiger partial charge in [-0.1, -0.05) is 18.2 Å². The van der Waals surface area contributed by atoms with Gasteiger partial charge >= 0.3 is 0 Å². The number of para-hydroxylation sites is 1. The molecule has 20 heavy (non-hydrogen) atoms. The van der Waals surface area contributed by atoms with E-state index in [0.717, 1.165) is 11.3 Å². The number of rotatable bonds is 5. The fourth-order valence-electron chi connectivity index (χ4n) is 1.73. The smallest absolute Gasteiger partial charge is 0.270 e. The van der Waals surface area contributed by atoms with Crippen LogP contribution in [0, 0.1) is 0 Å². The third-order valence-corrected chi connectivity index (χ3v) is 2.79. The number of nitrogens with zero attached hydrogens (tertiary/aromatic N) is 1. The predicted molar refractivity (Wildman–Crippen MR) is 76.2 cm³/mol. The fraction of sp³-hybridized carbons (Fsp3) is 0.143. The first-order valence-corrected chi connectivity index (χ1v) is 6.07. The van der Waals surface area contributed by atoms with Gasteiger partial charge < -0.3 is 15.5 Å². The number of benzene rings is 1. The number of amides is 1. The summed E-state index contributed by atoms with van der Waals surface area (Å²) in [5.41, 5.74) is 4.34. The molecular weight excluding hydrogens is 256 g/mol. The number of hydrazine groups is 1. The van der Waals surface area contributed by atoms with Crippen molar-refractivity contribution in [1.29, 1.82) is 0 Å². The topological polar surface area (TPSA) is 89.3 Å². The molecule has 0 fully saturated rings. The molecule has 6 nitrogen and oxygen atoms in total. The number of carbonyl (C=O) groups is 1. The maximum atomic E-state index is 12.0. The van der Waals surface area contributed by atoms with Crippen molar-refractivity contribution < 1.29 is 9.53 Å². The van der Waals surface area contributed by atoms with Gasteiger partial charge in [-0.2, -0.15) is 0 Å². The summed E-state index contributed by atoms with van der Waals surface area (Å²) in [4.78, 5) is 16.0. The molecule has 1 aromatic heterocycles. The van der Waals surface area contributed by atoms with Crippen LogP contribution in [0.25, 0.3) is 0 Å². The number of aromatic nitrogens is 1. The maximum Gasteiger partial charge on any atom is 0.270 e. The number of nitrogens with one attached hydrogen (secondary N) is 2. The maximum absolute atomic E-state index is 12.0. The Kier molecular flexibility index (Phi) is 4.52. The van der Waals surface area contributed by atoms with Gasteiger partial charge in [0.2, 0.25) is 0 Å². The highest BCUT2D eigenvalue weighted by Crippen LogP contribution is 2.16. The highest BCUT2D eigenvalue weighted by molar-refractivity contribution is 5.92. The summed E-state index contributed by atoms with van der Waals surface area (Å²) in [5, 5.41) is 2.79. The first-order valence-electron chi connectivity index (χ1n) is 6.07. The van der Waals surface area contributed by atoms with E-state index in [4.69, 9.17) is 10.6 Å². The molecule has 0 aliphatic carbocycles. The Morgan fingerprint density at radius 3 is 2.75 bits per heavy atom. The number of carbonyl (C=O) groups excluding carboxylic acids is 1. The van der Waals surface area contributed by atoms with Gasteiger partial charge in [0.05, 0.1) is 19.0 Å². The molecule has 0 aliphatic rings. The van der Waals surface area contributed by atoms with Crippen LogP contribution in [-0.2, 0) is 6.54 Å². The lowest BCUT2D eigenvalue weighted by atomic mass is 10.2. The van der Waals surface area contributed by atoms with Crippen LogP contribution in [0.3, 0.4) is 0 Å². The summed E-state index contributed by atoms with van der Waals surface area (Å²) in [5.74, 6) is 5.73. The molecule has 0 bridgehead atoms. The number of hydrogen-bond donors (Lipinski definition) is 3. The first-order chi connectivity index (χ1) is 9.74. The SMILES string of the molecule is COc1ccccc1CNC(=O)c1ccc(NN)cn1. The first kappa shape index (κ1) is 13.8. The molecule has 1 amide bonds. The van der Waals surface area contributed by atoms with Crippen LogP contribution in [0.4, 0.5) is 5.69 Å². The van der Waals surface area contributed by atoms with Crippen LogP contribution in [0.2, 0.25) is 0 Å². The van der Waals surface area contributed by atoms with Crippen LogP contribution in [0.5, 0.6) is 5.75 Å². The molecule has 0 saturated carbocycles. The molecule has 0 aliphatic heterocycles. The van der Waals surface area contributed by atoms with E-state index in [1.165, 1.54) is 6.20 Å². The lowest BCUT2D eigenvalue weighted by Gasteiger charge is -2.09. The summed E-state index contributed by atoms with van der Waals surface area (Å²) >= 11 is 0. The minimum Gasteiger partial charge on any atom is -0.496 e. The van der Waals surface area contributed by atoms with Crippen molar-refractivity contribution in [2.24, 2.45) is 5.84 Å². The Morgan fingerprint density at radius 2 is 2.10 bits per heavy atom. The molecule has 0 atom stereocenters. The van der Waals surface area contributed by atoms with E-state index >= 15 is 0 Å². The van der Waals surface area contributed by atoms with Gasteiger partial charge in [-0.25, -0.2) is 4.98 Å². The second kappa shape index (κ2) is 6.53. The zero-order valence-electron chi connectivity index (χ0n) is 11.1. The summed E-state index contributed by atoms with van der Waals surface area (Å²) < 4.78 is 5.22. The molecule has 0 radical (unpaired) electrons. The quantitative estimate of drug-likeness (QED) is 0.564. The molecule has 0 spiro atoms. The van der Waals surface area contributed by atoms with E-state index in [-0.39, 0.29) is 5.91 Å². The highest BCUT2D eigenvalue weighted by Gasteiger charge is 2.08. The molecule has 2 rings (SSSR count). The molecule has 2 aromatic rings. The van der Waals surface area contributed by atoms with Gasteiger partial charge in [0.25, 0.3) is 5.91 Å². The third kappa shape index (κ3) is 3.24. The fourth-order valence-corrected chi connectivity index (χ4v) is 1.73. The molecule has 0 unspecified atom stereocenters. The highest BCUT2D eigenvalue weighted by atomic mass is 16.5. The summed E-state index contributed by atoms with van der Waals surface area (Å²) in [6, 6.07) is 10.8. The number of nitrogen functional groups attached to an aromatic ring is 1. The van der Waals surface area contributed by atoms with E-state index in [9.17, 15) is 4.79 Å². The number of ether oxygens (including phenoxy) is 1. The van der Waals surface area contributed by atoms with Gasteiger partial charge in [0.15, 0.2) is 0 Å². The van der Waals surface area contributed by atoms with E-state index < -0.39 is 0 Å². The van der Waals surface area contributed by atoms with Gasteiger partial charge in [-0.3, -0.25) is 10.6 Å². The van der Waals surface area contributed by atoms with Gasteiger partial charge in [0.1, 0.15) is 11.4 Å². The van der Waals surface area contributed by atoms with Gasteiger partial charge in [-0.15, -0.1) is 0 Å². The van der Waals surface area contributed by atoms with Crippen molar-refractivity contribution in [3.05, 3.63) is 53.9 Å². The Labute approximate surface area is 116 Å². The Balaban J connectivity index is 2.01. The molecule has 0 saturated heterocycles. The minimum atomic E-state index is -0.250. The molecule has 1 heterocycles. The Bertz CT molecular complexity index is 584. The van der Waals surface area contributed by atoms with E-state index in [1.54, 1.807) is 19.2 Å². The molecule has 1 aromatic carbocycles. The summed E-state index contributed by atoms with van der Waals surface area (Å²) in [6.07, 6.45) is 1.50. The van der Waals surface area contributed by atoms with Crippen molar-refractivity contribution >= 4 is 11.6 Å². The molecule has 6 heteroatoms. The summed E-state index contributed by atoms with van der Waals surface area (Å²) in [7, 11) is 1.60. The molecular formula is C14H16N4O2. The summed E-state index contributed by atoms with van der Waals surface area (Å²) in [6.45, 7) is 0.376. The molecule has 104 valence electrons. The van der Waals surface area contributed by atoms with Crippen molar-refractivity contribution in [2.75, 3.05) is 12.5 Å². The second-order valence-electron chi connectivity index (χ2n) is 4.07. The minimum absolute atomic E-state index is 0.250. The van der Waals surface area contributed by atoms with E-state index in [2.05, 4.69) is 15.7 Å². The lowest BCUT2D eigenvalue weighted by molar-refractivity contribution is 0.0946. The average Bonchev–Trinajstić information content (AvgIpc) is 2.53. The largest absolute Gasteiger partial charge is 0.496 e. The second-order valence-corrected chi connectivity index (χ2v) is 4.07. The van der Waals surface area contributed by atoms with Crippen molar-refractivity contribution in [1.82, 2.24) is 10.3 Å². The van der Waals surface area contributed by atoms with E-state index in [1.807, 2.05) is 24.3 Å². The zero-order chi connectivity index (χ0) is 14.4. The van der Waals surface area contributed by atoms with Crippen LogP contribution < -0.4 is 21.3 Å². The number of pyridine rings is 1. The number of anilines is 1. The molecule has 4 N–H and O–H groups in total. The number of hydrogen-bond acceptors (Lipinski definition) is 5. The predicted octanol–water partition coefficient (Wildman–Crippen LogP) is 1.31. The monoisotopic (exact) mass is 272 g/mol. The van der Waals surface area contributed by atoms with Crippen LogP contribution in [-0.4, -0.2) is 18.0 Å². The number of nitrogens with two attached hydrogens (primary N) is 1. The van der Waals surface area contributed by atoms with Crippen LogP contribution in [0.1, 0.15) is 16.1 Å². The standard InChI is InChI=1S/C14H16N4O2/c1-20-13-5-3-2-4-10(13)8-17-14(19)12-7-6-11(18-15)9-16-12/h2-7,9,18H,8,15H2,1H3,(H,17,19). The zero-order valence-corrected chi connectivity index (χ0v) is 11.1. The van der Waals surface area contributed by atoms with Crippen molar-refractivity contribution in [2.45, 2.75) is 6.54 Å². The average molecular weight is 272 g/mol. The lowest BCUT2D eigenvalue weighted by Crippen LogP contribution is -2.24. The number of methoxy groups -OCH3 is 1. The normalized spacial score (nSPS) is 9.90. The van der Waals surface area contributed by atoms with Gasteiger partial charge in [-0.05, 0) is 18.2 Å². The Morgan fingerprint density at radius 1 is 1.30 bits per heavy atom. The third-order valence-electron chi connectivity index (χ3n) is 2.79. The van der Waals surface area contributed by atoms with Crippen LogP contribution in [0.15, 0.2) is 42.6 Å². The van der Waals surface area contributed by atoms with Crippen molar-refractivity contribution in [3.63, 3.8) is 0 Å². The van der Waals surface area contributed by atoms with Crippen LogP contribution >= 0.6 is 0 Å². The Hall–Kier alpha value is -2.60. The van der Waals surface area contributed by atoms with Crippen molar-refractivity contribution in [3.8, 4) is 5.75 Å². The van der Waals surface area contributed by atoms with E-state index in [0.29, 0.717) is 17.9 Å².